The molecular formula is C36H36Br2N2O4. The Kier molecular flexibility index (Phi) is 11.3. The average molecular weight is 721 g/mol. The van der Waals surface area contributed by atoms with Gasteiger partial charge in [-0.1, -0.05) is 92.5 Å². The molecule has 0 aromatic heterocycles. The molecule has 0 saturated carbocycles. The fraction of sp³-hybridized carbons (Fsp3) is 0.278. The van der Waals surface area contributed by atoms with Crippen LogP contribution in [0.15, 0.2) is 117 Å². The van der Waals surface area contributed by atoms with Gasteiger partial charge in [-0.3, -0.25) is 4.79 Å². The number of carbonyl (C=O) groups excluding carboxylic acids is 1. The summed E-state index contributed by atoms with van der Waals surface area (Å²) in [5.41, 5.74) is 2.63. The minimum absolute atomic E-state index is 0.0781. The quantitative estimate of drug-likeness (QED) is 0.132. The number of halogens is 2. The molecule has 8 heteroatoms. The number of nitrogens with one attached hydrogen (secondary N) is 1. The van der Waals surface area contributed by atoms with Crippen molar-refractivity contribution < 1.29 is 19.4 Å². The number of aliphatic imine (C=N–C) groups is 1. The van der Waals surface area contributed by atoms with Gasteiger partial charge in [0.25, 0.3) is 5.91 Å². The van der Waals surface area contributed by atoms with E-state index in [0.717, 1.165) is 44.9 Å². The Morgan fingerprint density at radius 1 is 0.864 bits per heavy atom. The molecule has 1 amide bonds. The van der Waals surface area contributed by atoms with Crippen LogP contribution in [0.5, 0.6) is 5.75 Å². The SMILES string of the molecule is O=C(NCCCCc1ccccc1)[C@]1(Cc2ccc(Br)cc2)N=C(c2ccc(OCCCO)cc2)O[C@@H]1c1ccccc1Br. The predicted octanol–water partition coefficient (Wildman–Crippen LogP) is 7.61. The second-order valence-corrected chi connectivity index (χ2v) is 12.6. The molecule has 0 unspecified atom stereocenters. The van der Waals surface area contributed by atoms with Crippen molar-refractivity contribution in [2.75, 3.05) is 19.8 Å². The summed E-state index contributed by atoms with van der Waals surface area (Å²) in [7, 11) is 0. The Morgan fingerprint density at radius 2 is 1.59 bits per heavy atom. The first-order valence-electron chi connectivity index (χ1n) is 14.9. The molecular weight excluding hydrogens is 684 g/mol. The summed E-state index contributed by atoms with van der Waals surface area (Å²) in [5, 5.41) is 12.3. The third-order valence-corrected chi connectivity index (χ3v) is 8.88. The zero-order valence-corrected chi connectivity index (χ0v) is 27.6. The van der Waals surface area contributed by atoms with Gasteiger partial charge in [-0.15, -0.1) is 0 Å². The van der Waals surface area contributed by atoms with Crippen LogP contribution < -0.4 is 10.1 Å². The lowest BCUT2D eigenvalue weighted by molar-refractivity contribution is -0.128. The minimum Gasteiger partial charge on any atom is -0.494 e. The highest BCUT2D eigenvalue weighted by molar-refractivity contribution is 9.10. The summed E-state index contributed by atoms with van der Waals surface area (Å²) in [5.74, 6) is 0.932. The van der Waals surface area contributed by atoms with Gasteiger partial charge in [0.1, 0.15) is 5.75 Å². The maximum atomic E-state index is 14.4. The molecule has 6 nitrogen and oxygen atoms in total. The molecule has 2 N–H and O–H groups in total. The molecule has 0 radical (unpaired) electrons. The molecule has 0 fully saturated rings. The molecule has 5 rings (SSSR count). The smallest absolute Gasteiger partial charge is 0.252 e. The van der Waals surface area contributed by atoms with Crippen molar-refractivity contribution >= 4 is 43.7 Å². The Labute approximate surface area is 275 Å². The molecule has 4 aromatic carbocycles. The Hall–Kier alpha value is -3.46. The number of rotatable bonds is 14. The maximum Gasteiger partial charge on any atom is 0.252 e. The highest BCUT2D eigenvalue weighted by Crippen LogP contribution is 2.44. The van der Waals surface area contributed by atoms with Crippen molar-refractivity contribution in [3.63, 3.8) is 0 Å². The second kappa shape index (κ2) is 15.5. The van der Waals surface area contributed by atoms with Crippen LogP contribution in [0.2, 0.25) is 0 Å². The van der Waals surface area contributed by atoms with E-state index < -0.39 is 11.6 Å². The minimum atomic E-state index is -1.25. The number of aryl methyl sites for hydroxylation is 1. The topological polar surface area (TPSA) is 80.2 Å². The van der Waals surface area contributed by atoms with Gasteiger partial charge in [0.2, 0.25) is 5.90 Å². The molecule has 1 heterocycles. The highest BCUT2D eigenvalue weighted by atomic mass is 79.9. The largest absolute Gasteiger partial charge is 0.494 e. The van der Waals surface area contributed by atoms with E-state index in [-0.39, 0.29) is 12.5 Å². The number of aliphatic hydroxyl groups is 1. The monoisotopic (exact) mass is 718 g/mol. The molecule has 0 bridgehead atoms. The fourth-order valence-electron chi connectivity index (χ4n) is 5.31. The van der Waals surface area contributed by atoms with Crippen LogP contribution in [-0.2, 0) is 22.4 Å². The third-order valence-electron chi connectivity index (χ3n) is 7.63. The summed E-state index contributed by atoms with van der Waals surface area (Å²) in [6.07, 6.45) is 3.03. The van der Waals surface area contributed by atoms with E-state index in [1.165, 1.54) is 5.56 Å². The lowest BCUT2D eigenvalue weighted by atomic mass is 9.82. The molecule has 0 saturated heterocycles. The molecule has 1 aliphatic rings. The first-order valence-corrected chi connectivity index (χ1v) is 16.5. The van der Waals surface area contributed by atoms with E-state index in [0.29, 0.717) is 37.6 Å². The fourth-order valence-corrected chi connectivity index (χ4v) is 6.07. The van der Waals surface area contributed by atoms with E-state index >= 15 is 0 Å². The average Bonchev–Trinajstić information content (AvgIpc) is 3.43. The summed E-state index contributed by atoms with van der Waals surface area (Å²) >= 11 is 7.24. The molecule has 4 aromatic rings. The van der Waals surface area contributed by atoms with Crippen molar-refractivity contribution in [1.82, 2.24) is 5.32 Å². The first kappa shape index (κ1) is 31.9. The number of amides is 1. The van der Waals surface area contributed by atoms with Crippen LogP contribution >= 0.6 is 31.9 Å². The lowest BCUT2D eigenvalue weighted by Crippen LogP contribution is -2.50. The molecule has 228 valence electrons. The maximum absolute atomic E-state index is 14.4. The summed E-state index contributed by atoms with van der Waals surface area (Å²) in [4.78, 5) is 19.5. The van der Waals surface area contributed by atoms with E-state index in [1.54, 1.807) is 0 Å². The Bertz CT molecular complexity index is 1540. The Morgan fingerprint density at radius 3 is 2.32 bits per heavy atom. The van der Waals surface area contributed by atoms with Gasteiger partial charge in [-0.2, -0.15) is 0 Å². The number of nitrogens with zero attached hydrogens (tertiary/aromatic N) is 1. The molecule has 2 atom stereocenters. The highest BCUT2D eigenvalue weighted by Gasteiger charge is 2.53. The van der Waals surface area contributed by atoms with Gasteiger partial charge >= 0.3 is 0 Å². The van der Waals surface area contributed by atoms with Crippen molar-refractivity contribution in [3.8, 4) is 5.75 Å². The van der Waals surface area contributed by atoms with Crippen LogP contribution in [0.25, 0.3) is 0 Å². The number of benzene rings is 4. The van der Waals surface area contributed by atoms with Gasteiger partial charge in [0.15, 0.2) is 11.6 Å². The van der Waals surface area contributed by atoms with E-state index in [2.05, 4.69) is 61.4 Å². The summed E-state index contributed by atoms with van der Waals surface area (Å²) in [6, 6.07) is 33.7. The van der Waals surface area contributed by atoms with Crippen molar-refractivity contribution in [3.05, 3.63) is 134 Å². The standard InChI is InChI=1S/C36H36Br2N2O4/c37-29-18-14-27(15-19-29)25-36(35(42)39-22-7-6-11-26-9-2-1-3-10-26)33(31-12-4-5-13-32(31)38)44-34(40-36)28-16-20-30(21-17-28)43-24-8-23-41/h1-5,9-10,12-21,33,41H,6-8,11,22-25H2,(H,39,42)/t33-,36-/m1/s1. The zero-order valence-electron chi connectivity index (χ0n) is 24.4. The van der Waals surface area contributed by atoms with Crippen LogP contribution in [0, 0.1) is 0 Å². The predicted molar refractivity (Wildman–Crippen MR) is 181 cm³/mol. The number of aliphatic hydroxyl groups excluding tert-OH is 1. The van der Waals surface area contributed by atoms with Gasteiger partial charge in [0, 0.05) is 46.1 Å². The summed E-state index contributed by atoms with van der Waals surface area (Å²) < 4.78 is 14.2. The number of ether oxygens (including phenoxy) is 2. The molecule has 1 aliphatic heterocycles. The van der Waals surface area contributed by atoms with Crippen molar-refractivity contribution in [1.29, 1.82) is 0 Å². The van der Waals surface area contributed by atoms with Crippen LogP contribution in [0.3, 0.4) is 0 Å². The third kappa shape index (κ3) is 7.97. The van der Waals surface area contributed by atoms with Gasteiger partial charge in [0.05, 0.1) is 6.61 Å². The van der Waals surface area contributed by atoms with Gasteiger partial charge < -0.3 is 19.9 Å². The molecule has 0 aliphatic carbocycles. The first-order chi connectivity index (χ1) is 21.5. The summed E-state index contributed by atoms with van der Waals surface area (Å²) in [6.45, 7) is 1.05. The van der Waals surface area contributed by atoms with Crippen LogP contribution in [0.1, 0.15) is 47.6 Å². The number of hydrogen-bond donors (Lipinski definition) is 2. The van der Waals surface area contributed by atoms with E-state index in [9.17, 15) is 4.79 Å². The van der Waals surface area contributed by atoms with Crippen LogP contribution in [0.4, 0.5) is 0 Å². The normalized spacial score (nSPS) is 17.5. The number of carbonyl (C=O) groups is 1. The van der Waals surface area contributed by atoms with Crippen molar-refractivity contribution in [2.45, 2.75) is 43.7 Å². The molecule has 0 spiro atoms. The number of unbranched alkanes of at least 4 members (excludes halogenated alkanes) is 1. The second-order valence-electron chi connectivity index (χ2n) is 10.8. The van der Waals surface area contributed by atoms with E-state index in [1.807, 2.05) is 78.9 Å². The van der Waals surface area contributed by atoms with E-state index in [4.69, 9.17) is 19.6 Å². The van der Waals surface area contributed by atoms with Gasteiger partial charge in [-0.25, -0.2) is 4.99 Å². The number of hydrogen-bond acceptors (Lipinski definition) is 5. The van der Waals surface area contributed by atoms with Crippen LogP contribution in [-0.4, -0.2) is 42.2 Å². The zero-order chi connectivity index (χ0) is 30.8. The van der Waals surface area contributed by atoms with Crippen molar-refractivity contribution in [2.24, 2.45) is 4.99 Å². The lowest BCUT2D eigenvalue weighted by Gasteiger charge is -2.31. The van der Waals surface area contributed by atoms with Gasteiger partial charge in [-0.05, 0) is 72.9 Å². The Balaban J connectivity index is 1.45. The molecule has 44 heavy (non-hydrogen) atoms.